The molecule has 2 N–H and O–H groups in total. The van der Waals surface area contributed by atoms with E-state index in [-0.39, 0.29) is 6.04 Å². The first-order valence-electron chi connectivity index (χ1n) is 7.34. The van der Waals surface area contributed by atoms with Gasteiger partial charge in [-0.3, -0.25) is 0 Å². The fourth-order valence-corrected chi connectivity index (χ4v) is 5.42. The lowest BCUT2D eigenvalue weighted by molar-refractivity contribution is 0.575. The normalized spacial score (nSPS) is 25.9. The van der Waals surface area contributed by atoms with E-state index in [2.05, 4.69) is 17.0 Å². The predicted molar refractivity (Wildman–Crippen MR) is 81.4 cm³/mol. The molecule has 2 fully saturated rings. The minimum Gasteiger partial charge on any atom is -0.309 e. The van der Waals surface area contributed by atoms with E-state index in [0.29, 0.717) is 16.9 Å². The summed E-state index contributed by atoms with van der Waals surface area (Å²) in [7, 11) is -3.34. The third-order valence-electron chi connectivity index (χ3n) is 4.11. The van der Waals surface area contributed by atoms with E-state index in [1.165, 1.54) is 12.8 Å². The molecule has 0 aromatic carbocycles. The lowest BCUT2D eigenvalue weighted by atomic mass is 10.3. The molecule has 1 aromatic heterocycles. The summed E-state index contributed by atoms with van der Waals surface area (Å²) in [6.07, 6.45) is 4.52. The largest absolute Gasteiger partial charge is 0.309 e. The first kappa shape index (κ1) is 14.5. The van der Waals surface area contributed by atoms with E-state index in [9.17, 15) is 8.42 Å². The van der Waals surface area contributed by atoms with Gasteiger partial charge < -0.3 is 5.32 Å². The predicted octanol–water partition coefficient (Wildman–Crippen LogP) is 2.39. The van der Waals surface area contributed by atoms with Gasteiger partial charge >= 0.3 is 0 Å². The Labute approximate surface area is 125 Å². The van der Waals surface area contributed by atoms with Crippen molar-refractivity contribution in [2.75, 3.05) is 0 Å². The van der Waals surface area contributed by atoms with Crippen molar-refractivity contribution in [1.29, 1.82) is 0 Å². The van der Waals surface area contributed by atoms with Crippen LogP contribution in [0.15, 0.2) is 11.0 Å². The van der Waals surface area contributed by atoms with Crippen molar-refractivity contribution in [1.82, 2.24) is 10.0 Å². The minimum absolute atomic E-state index is 0.150. The molecule has 0 radical (unpaired) electrons. The molecule has 2 aliphatic carbocycles. The van der Waals surface area contributed by atoms with Crippen LogP contribution in [0.25, 0.3) is 0 Å². The molecular weight excluding hydrogens is 292 g/mol. The lowest BCUT2D eigenvalue weighted by Crippen LogP contribution is -2.27. The quantitative estimate of drug-likeness (QED) is 0.812. The van der Waals surface area contributed by atoms with E-state index in [1.54, 1.807) is 11.3 Å². The first-order chi connectivity index (χ1) is 9.49. The smallest absolute Gasteiger partial charge is 0.241 e. The zero-order valence-electron chi connectivity index (χ0n) is 12.0. The van der Waals surface area contributed by atoms with Crippen molar-refractivity contribution < 1.29 is 8.42 Å². The zero-order valence-corrected chi connectivity index (χ0v) is 13.6. The summed E-state index contributed by atoms with van der Waals surface area (Å²) >= 11 is 1.58. The molecule has 0 spiro atoms. The second-order valence-electron chi connectivity index (χ2n) is 5.92. The topological polar surface area (TPSA) is 58.2 Å². The van der Waals surface area contributed by atoms with Crippen LogP contribution in [0.4, 0.5) is 0 Å². The van der Waals surface area contributed by atoms with Crippen molar-refractivity contribution in [3.63, 3.8) is 0 Å². The standard InChI is InChI=1S/C14H22N2O2S2/c1-3-10-6-13(10)16-20(17,18)14-7-12(19-9(14)2)8-15-11-4-5-11/h7,10-11,13,15-16H,3-6,8H2,1-2H3. The van der Waals surface area contributed by atoms with Gasteiger partial charge in [-0.15, -0.1) is 11.3 Å². The molecule has 0 bridgehead atoms. The molecule has 2 aliphatic rings. The van der Waals surface area contributed by atoms with Crippen LogP contribution in [-0.2, 0) is 16.6 Å². The summed E-state index contributed by atoms with van der Waals surface area (Å²) in [6.45, 7) is 4.78. The number of hydrogen-bond donors (Lipinski definition) is 2. The van der Waals surface area contributed by atoms with Crippen LogP contribution in [0, 0.1) is 12.8 Å². The molecule has 0 saturated heterocycles. The van der Waals surface area contributed by atoms with E-state index in [4.69, 9.17) is 0 Å². The maximum absolute atomic E-state index is 12.4. The number of rotatable bonds is 7. The summed E-state index contributed by atoms with van der Waals surface area (Å²) in [4.78, 5) is 2.47. The van der Waals surface area contributed by atoms with Crippen LogP contribution < -0.4 is 10.0 Å². The molecule has 0 aliphatic heterocycles. The summed E-state index contributed by atoms with van der Waals surface area (Å²) in [5.74, 6) is 0.528. The molecule has 112 valence electrons. The average molecular weight is 314 g/mol. The highest BCUT2D eigenvalue weighted by molar-refractivity contribution is 7.89. The van der Waals surface area contributed by atoms with E-state index in [1.807, 2.05) is 13.0 Å². The molecule has 3 rings (SSSR count). The number of sulfonamides is 1. The Balaban J connectivity index is 1.68. The van der Waals surface area contributed by atoms with Crippen molar-refractivity contribution in [2.45, 2.75) is 63.1 Å². The first-order valence-corrected chi connectivity index (χ1v) is 9.64. The van der Waals surface area contributed by atoms with Gasteiger partial charge in [-0.1, -0.05) is 13.3 Å². The Morgan fingerprint density at radius 3 is 2.75 bits per heavy atom. The molecule has 1 aromatic rings. The monoisotopic (exact) mass is 314 g/mol. The third kappa shape index (κ3) is 3.24. The molecule has 2 atom stereocenters. The van der Waals surface area contributed by atoms with Crippen LogP contribution in [0.3, 0.4) is 0 Å². The van der Waals surface area contributed by atoms with Crippen molar-refractivity contribution in [3.05, 3.63) is 15.8 Å². The molecule has 6 heteroatoms. The Hall–Kier alpha value is -0.430. The third-order valence-corrected chi connectivity index (χ3v) is 6.90. The number of hydrogen-bond acceptors (Lipinski definition) is 4. The van der Waals surface area contributed by atoms with Gasteiger partial charge in [0, 0.05) is 28.4 Å². The van der Waals surface area contributed by atoms with Gasteiger partial charge in [0.25, 0.3) is 0 Å². The molecule has 1 heterocycles. The summed E-state index contributed by atoms with van der Waals surface area (Å²) in [6, 6.07) is 2.63. The highest BCUT2D eigenvalue weighted by atomic mass is 32.2. The minimum atomic E-state index is -3.34. The van der Waals surface area contributed by atoms with Gasteiger partial charge in [0.1, 0.15) is 0 Å². The van der Waals surface area contributed by atoms with Crippen LogP contribution in [0.1, 0.15) is 42.4 Å². The number of thiophene rings is 1. The van der Waals surface area contributed by atoms with Gasteiger partial charge in [0.05, 0.1) is 4.90 Å². The lowest BCUT2D eigenvalue weighted by Gasteiger charge is -2.05. The second-order valence-corrected chi connectivity index (χ2v) is 8.94. The Morgan fingerprint density at radius 2 is 2.15 bits per heavy atom. The van der Waals surface area contributed by atoms with Crippen LogP contribution in [0.2, 0.25) is 0 Å². The molecule has 20 heavy (non-hydrogen) atoms. The Morgan fingerprint density at radius 1 is 1.40 bits per heavy atom. The van der Waals surface area contributed by atoms with Gasteiger partial charge in [0.2, 0.25) is 10.0 Å². The fraction of sp³-hybridized carbons (Fsp3) is 0.714. The summed E-state index contributed by atoms with van der Waals surface area (Å²) in [5, 5.41) is 3.43. The maximum Gasteiger partial charge on any atom is 0.241 e. The van der Waals surface area contributed by atoms with Crippen LogP contribution in [0.5, 0.6) is 0 Å². The van der Waals surface area contributed by atoms with E-state index < -0.39 is 10.0 Å². The maximum atomic E-state index is 12.4. The van der Waals surface area contributed by atoms with Gasteiger partial charge in [0.15, 0.2) is 0 Å². The van der Waals surface area contributed by atoms with Gasteiger partial charge in [-0.25, -0.2) is 13.1 Å². The molecule has 4 nitrogen and oxygen atoms in total. The zero-order chi connectivity index (χ0) is 14.3. The number of aryl methyl sites for hydroxylation is 1. The van der Waals surface area contributed by atoms with Crippen LogP contribution >= 0.6 is 11.3 Å². The summed E-state index contributed by atoms with van der Waals surface area (Å²) in [5.41, 5.74) is 0. The Bertz CT molecular complexity index is 590. The van der Waals surface area contributed by atoms with Crippen molar-refractivity contribution in [2.24, 2.45) is 5.92 Å². The molecule has 2 saturated carbocycles. The van der Waals surface area contributed by atoms with Gasteiger partial charge in [-0.2, -0.15) is 0 Å². The van der Waals surface area contributed by atoms with Crippen LogP contribution in [-0.4, -0.2) is 20.5 Å². The average Bonchev–Trinajstić information content (AvgIpc) is 3.28. The van der Waals surface area contributed by atoms with E-state index >= 15 is 0 Å². The van der Waals surface area contributed by atoms with Crippen molar-refractivity contribution >= 4 is 21.4 Å². The molecular formula is C14H22N2O2S2. The highest BCUT2D eigenvalue weighted by Gasteiger charge is 2.39. The van der Waals surface area contributed by atoms with Crippen molar-refractivity contribution in [3.8, 4) is 0 Å². The van der Waals surface area contributed by atoms with E-state index in [0.717, 1.165) is 29.1 Å². The fourth-order valence-electron chi connectivity index (χ4n) is 2.52. The SMILES string of the molecule is CCC1CC1NS(=O)(=O)c1cc(CNC2CC2)sc1C. The molecule has 2 unspecified atom stereocenters. The highest BCUT2D eigenvalue weighted by Crippen LogP contribution is 2.35. The summed E-state index contributed by atoms with van der Waals surface area (Å²) < 4.78 is 27.6. The molecule has 0 amide bonds. The van der Waals surface area contributed by atoms with Gasteiger partial charge in [-0.05, 0) is 38.2 Å². The Kier molecular flexibility index (Phi) is 3.92. The number of nitrogens with one attached hydrogen (secondary N) is 2. The second kappa shape index (κ2) is 5.40.